The summed E-state index contributed by atoms with van der Waals surface area (Å²) in [4.78, 5) is 0. The van der Waals surface area contributed by atoms with Crippen LogP contribution in [-0.2, 0) is 25.3 Å². The minimum absolute atomic E-state index is 0.000404. The first-order valence-corrected chi connectivity index (χ1v) is 10.2. The highest BCUT2D eigenvalue weighted by molar-refractivity contribution is 5.49. The van der Waals surface area contributed by atoms with Gasteiger partial charge in [-0.15, -0.1) is 0 Å². The lowest BCUT2D eigenvalue weighted by atomic mass is 9.99. The largest absolute Gasteiger partial charge is 0.489 e. The van der Waals surface area contributed by atoms with Crippen LogP contribution in [0.2, 0.25) is 0 Å². The highest BCUT2D eigenvalue weighted by atomic mass is 19.4. The Kier molecular flexibility index (Phi) is 7.47. The fourth-order valence-corrected chi connectivity index (χ4v) is 3.14. The normalized spacial score (nSPS) is 12.9. The summed E-state index contributed by atoms with van der Waals surface area (Å²) in [5.74, 6) is -11.5. The van der Waals surface area contributed by atoms with Gasteiger partial charge in [-0.05, 0) is 41.5 Å². The number of hydrogen-bond acceptors (Lipinski definition) is 2. The summed E-state index contributed by atoms with van der Waals surface area (Å²) < 4.78 is 136. The van der Waals surface area contributed by atoms with E-state index in [1.165, 1.54) is 42.5 Å². The summed E-state index contributed by atoms with van der Waals surface area (Å²) in [7, 11) is 0. The van der Waals surface area contributed by atoms with E-state index in [9.17, 15) is 43.9 Å². The zero-order chi connectivity index (χ0) is 26.8. The Bertz CT molecular complexity index is 1190. The zero-order valence-corrected chi connectivity index (χ0v) is 18.0. The minimum Gasteiger partial charge on any atom is -0.489 e. The van der Waals surface area contributed by atoms with Gasteiger partial charge >= 0.3 is 24.2 Å². The van der Waals surface area contributed by atoms with Gasteiger partial charge in [-0.1, -0.05) is 36.4 Å². The molecule has 0 saturated heterocycles. The van der Waals surface area contributed by atoms with Gasteiger partial charge in [-0.2, -0.15) is 43.9 Å². The minimum atomic E-state index is -6.45. The average Bonchev–Trinajstić information content (AvgIpc) is 2.81. The van der Waals surface area contributed by atoms with Gasteiger partial charge in [-0.3, -0.25) is 0 Å². The lowest BCUT2D eigenvalue weighted by Gasteiger charge is -2.28. The summed E-state index contributed by atoms with van der Waals surface area (Å²) in [6.07, 6.45) is -11.0. The summed E-state index contributed by atoms with van der Waals surface area (Å²) in [5.41, 5.74) is -1.70. The number of nitrogens with one attached hydrogen (secondary N) is 1. The van der Waals surface area contributed by atoms with Crippen molar-refractivity contribution in [3.05, 3.63) is 95.1 Å². The van der Waals surface area contributed by atoms with Crippen molar-refractivity contribution < 1.29 is 48.6 Å². The van der Waals surface area contributed by atoms with Crippen molar-refractivity contribution in [3.8, 4) is 5.75 Å². The third kappa shape index (κ3) is 6.03. The van der Waals surface area contributed by atoms with E-state index >= 15 is 0 Å². The molecule has 2 nitrogen and oxygen atoms in total. The maximum absolute atomic E-state index is 14.0. The lowest BCUT2D eigenvalue weighted by molar-refractivity contribution is -0.359. The molecule has 0 saturated carbocycles. The molecule has 3 aromatic carbocycles. The van der Waals surface area contributed by atoms with Crippen LogP contribution in [0.3, 0.4) is 0 Å². The van der Waals surface area contributed by atoms with Gasteiger partial charge in [0.05, 0.1) is 5.56 Å². The molecule has 0 unspecified atom stereocenters. The smallest absolute Gasteiger partial charge is 0.460 e. The predicted octanol–water partition coefficient (Wildman–Crippen LogP) is 8.19. The standard InChI is InChI=1S/C24H17F10NO/c25-21(26,23(30,31)24(32,33)34)17-6-1-4-15(10-17)13-35-19-8-3-9-20(12-19)36-14-16-5-2-7-18(11-16)22(27,28)29/h1-12,35H,13-14H2. The van der Waals surface area contributed by atoms with Crippen molar-refractivity contribution in [3.63, 3.8) is 0 Å². The van der Waals surface area contributed by atoms with Crippen molar-refractivity contribution in [2.75, 3.05) is 5.32 Å². The van der Waals surface area contributed by atoms with Gasteiger partial charge in [0.25, 0.3) is 0 Å². The molecule has 1 N–H and O–H groups in total. The van der Waals surface area contributed by atoms with Crippen LogP contribution in [-0.4, -0.2) is 12.1 Å². The molecule has 0 amide bonds. The molecule has 0 fully saturated rings. The molecule has 0 aromatic heterocycles. The van der Waals surface area contributed by atoms with Crippen molar-refractivity contribution in [2.24, 2.45) is 0 Å². The first-order valence-electron chi connectivity index (χ1n) is 10.2. The molecule has 3 aromatic rings. The zero-order valence-electron chi connectivity index (χ0n) is 18.0. The maximum Gasteiger partial charge on any atom is 0.460 e. The number of rotatable bonds is 8. The number of hydrogen-bond donors (Lipinski definition) is 1. The molecule has 36 heavy (non-hydrogen) atoms. The van der Waals surface area contributed by atoms with E-state index in [4.69, 9.17) is 4.74 Å². The molecule has 0 aliphatic carbocycles. The fraction of sp³-hybridized carbons (Fsp3) is 0.250. The van der Waals surface area contributed by atoms with Crippen molar-refractivity contribution in [1.82, 2.24) is 0 Å². The molecular weight excluding hydrogens is 508 g/mol. The number of ether oxygens (including phenoxy) is 1. The maximum atomic E-state index is 14.0. The third-order valence-electron chi connectivity index (χ3n) is 5.03. The second-order valence-electron chi connectivity index (χ2n) is 7.72. The third-order valence-corrected chi connectivity index (χ3v) is 5.03. The molecule has 194 valence electrons. The Morgan fingerprint density at radius 3 is 1.86 bits per heavy atom. The highest BCUT2D eigenvalue weighted by Crippen LogP contribution is 2.51. The topological polar surface area (TPSA) is 21.3 Å². The summed E-state index contributed by atoms with van der Waals surface area (Å²) in [6.45, 7) is -0.392. The van der Waals surface area contributed by atoms with Crippen molar-refractivity contribution in [2.45, 2.75) is 37.3 Å². The van der Waals surface area contributed by atoms with Gasteiger partial charge in [0.2, 0.25) is 0 Å². The van der Waals surface area contributed by atoms with E-state index in [0.717, 1.165) is 18.2 Å². The Morgan fingerprint density at radius 1 is 0.639 bits per heavy atom. The van der Waals surface area contributed by atoms with Crippen LogP contribution in [0.1, 0.15) is 22.3 Å². The molecule has 0 spiro atoms. The van der Waals surface area contributed by atoms with Crippen LogP contribution in [0.15, 0.2) is 72.8 Å². The molecule has 0 atom stereocenters. The van der Waals surface area contributed by atoms with E-state index in [2.05, 4.69) is 5.32 Å². The SMILES string of the molecule is FC(F)(F)c1cccc(COc2cccc(NCc3cccc(C(F)(F)C(F)(F)C(F)(F)F)c3)c2)c1. The van der Waals surface area contributed by atoms with Crippen LogP contribution < -0.4 is 10.1 Å². The van der Waals surface area contributed by atoms with E-state index in [1.54, 1.807) is 0 Å². The fourth-order valence-electron chi connectivity index (χ4n) is 3.14. The molecule has 12 heteroatoms. The first kappa shape index (κ1) is 27.2. The summed E-state index contributed by atoms with van der Waals surface area (Å²) in [6, 6.07) is 13.8. The second-order valence-corrected chi connectivity index (χ2v) is 7.72. The average molecular weight is 525 g/mol. The van der Waals surface area contributed by atoms with Crippen LogP contribution >= 0.6 is 0 Å². The Labute approximate surface area is 198 Å². The Morgan fingerprint density at radius 2 is 1.22 bits per heavy atom. The van der Waals surface area contributed by atoms with Gasteiger partial charge < -0.3 is 10.1 Å². The van der Waals surface area contributed by atoms with E-state index in [-0.39, 0.29) is 30.0 Å². The van der Waals surface area contributed by atoms with E-state index in [1.807, 2.05) is 0 Å². The number of benzene rings is 3. The predicted molar refractivity (Wildman–Crippen MR) is 111 cm³/mol. The van der Waals surface area contributed by atoms with Gasteiger partial charge in [0, 0.05) is 23.9 Å². The molecular formula is C24H17F10NO. The van der Waals surface area contributed by atoms with Crippen LogP contribution in [0.25, 0.3) is 0 Å². The molecule has 0 radical (unpaired) electrons. The molecule has 0 heterocycles. The van der Waals surface area contributed by atoms with Crippen LogP contribution in [0.4, 0.5) is 49.6 Å². The Hall–Kier alpha value is -3.44. The first-order chi connectivity index (χ1) is 16.6. The van der Waals surface area contributed by atoms with Gasteiger partial charge in [0.1, 0.15) is 12.4 Å². The molecule has 3 rings (SSSR count). The van der Waals surface area contributed by atoms with E-state index in [0.29, 0.717) is 17.8 Å². The van der Waals surface area contributed by atoms with Crippen molar-refractivity contribution >= 4 is 5.69 Å². The summed E-state index contributed by atoms with van der Waals surface area (Å²) in [5, 5.41) is 2.79. The monoisotopic (exact) mass is 525 g/mol. The van der Waals surface area contributed by atoms with E-state index < -0.39 is 35.3 Å². The molecule has 0 aliphatic rings. The number of alkyl halides is 10. The van der Waals surface area contributed by atoms with Crippen LogP contribution in [0.5, 0.6) is 5.75 Å². The van der Waals surface area contributed by atoms with Gasteiger partial charge in [0.15, 0.2) is 0 Å². The quantitative estimate of drug-likeness (QED) is 0.300. The number of anilines is 1. The lowest BCUT2D eigenvalue weighted by Crippen LogP contribution is -2.50. The van der Waals surface area contributed by atoms with Crippen molar-refractivity contribution in [1.29, 1.82) is 0 Å². The second kappa shape index (κ2) is 9.90. The molecule has 0 bridgehead atoms. The molecule has 0 aliphatic heterocycles. The van der Waals surface area contributed by atoms with Crippen LogP contribution in [0, 0.1) is 0 Å². The Balaban J connectivity index is 1.67. The van der Waals surface area contributed by atoms with Gasteiger partial charge in [-0.25, -0.2) is 0 Å². The number of halogens is 10. The summed E-state index contributed by atoms with van der Waals surface area (Å²) >= 11 is 0. The highest BCUT2D eigenvalue weighted by Gasteiger charge is 2.73.